The maximum atomic E-state index is 12.4. The van der Waals surface area contributed by atoms with E-state index < -0.39 is 0 Å². The van der Waals surface area contributed by atoms with Gasteiger partial charge in [0.2, 0.25) is 0 Å². The Hall–Kier alpha value is -7.41. The smallest absolute Gasteiger partial charge is 0.450 e. The van der Waals surface area contributed by atoms with E-state index in [0.717, 1.165) is 16.8 Å². The van der Waals surface area contributed by atoms with Gasteiger partial charge in [-0.15, -0.1) is 0 Å². The van der Waals surface area contributed by atoms with Crippen LogP contribution < -0.4 is 0 Å². The third-order valence-corrected chi connectivity index (χ3v) is 8.30. The molecule has 1 heterocycles. The zero-order valence-electron chi connectivity index (χ0n) is 28.6. The van der Waals surface area contributed by atoms with Crippen molar-refractivity contribution < 1.29 is 9.53 Å². The number of ether oxygens (including phenoxy) is 1. The molecule has 1 amide bonds. The van der Waals surface area contributed by atoms with Crippen LogP contribution >= 0.6 is 0 Å². The van der Waals surface area contributed by atoms with Gasteiger partial charge in [-0.25, -0.2) is 19.7 Å². The van der Waals surface area contributed by atoms with E-state index in [0.29, 0.717) is 67.9 Å². The first-order chi connectivity index (χ1) is 25.4. The Morgan fingerprint density at radius 2 is 1.52 bits per heavy atom. The van der Waals surface area contributed by atoms with E-state index in [-0.39, 0.29) is 28.9 Å². The topological polar surface area (TPSA) is 97.9 Å². The van der Waals surface area contributed by atoms with Crippen LogP contribution in [0.4, 0.5) is 4.79 Å². The number of nitriles is 1. The van der Waals surface area contributed by atoms with Crippen LogP contribution in [-0.2, 0) is 4.74 Å². The third-order valence-electron chi connectivity index (χ3n) is 8.30. The third kappa shape index (κ3) is 8.98. The summed E-state index contributed by atoms with van der Waals surface area (Å²) in [4.78, 5) is 30.2. The van der Waals surface area contributed by atoms with Gasteiger partial charge in [0, 0.05) is 43.0 Å². The lowest BCUT2D eigenvalue weighted by Crippen LogP contribution is -2.48. The molecule has 52 heavy (non-hydrogen) atoms. The van der Waals surface area contributed by atoms with Crippen LogP contribution in [0.5, 0.6) is 0 Å². The van der Waals surface area contributed by atoms with Crippen LogP contribution in [0, 0.1) is 43.0 Å². The number of rotatable bonds is 10. The second kappa shape index (κ2) is 19.0. The Balaban J connectivity index is 1.75. The average molecular weight is 683 g/mol. The lowest BCUT2D eigenvalue weighted by atomic mass is 9.96. The fourth-order valence-corrected chi connectivity index (χ4v) is 5.94. The van der Waals surface area contributed by atoms with Crippen molar-refractivity contribution in [2.45, 2.75) is 19.8 Å². The molecule has 1 saturated heterocycles. The largest absolute Gasteiger partial charge is 0.516 e. The molecule has 0 bridgehead atoms. The highest BCUT2D eigenvalue weighted by atomic mass is 16.6. The van der Waals surface area contributed by atoms with E-state index in [1.54, 1.807) is 84.7 Å². The minimum absolute atomic E-state index is 0.136. The van der Waals surface area contributed by atoms with E-state index in [4.69, 9.17) is 36.4 Å². The first kappa shape index (κ1) is 37.4. The molecule has 2 aromatic rings. The minimum Gasteiger partial charge on any atom is -0.450 e. The number of hydrogen-bond donors (Lipinski definition) is 1. The van der Waals surface area contributed by atoms with Crippen LogP contribution in [0.3, 0.4) is 0 Å². The lowest BCUT2D eigenvalue weighted by Gasteiger charge is -2.37. The van der Waals surface area contributed by atoms with E-state index in [1.165, 1.54) is 0 Å². The molecule has 1 aliphatic carbocycles. The summed E-state index contributed by atoms with van der Waals surface area (Å²) in [5.74, 6) is 2.23. The van der Waals surface area contributed by atoms with Gasteiger partial charge >= 0.3 is 11.9 Å². The van der Waals surface area contributed by atoms with Crippen LogP contribution in [0.1, 0.15) is 30.9 Å². The van der Waals surface area contributed by atoms with Crippen LogP contribution in [-0.4, -0.2) is 54.5 Å². The van der Waals surface area contributed by atoms with Crippen LogP contribution in [0.25, 0.3) is 30.5 Å². The summed E-state index contributed by atoms with van der Waals surface area (Å²) in [5, 5.41) is 17.7. The minimum atomic E-state index is -0.344. The highest BCUT2D eigenvalue weighted by Crippen LogP contribution is 2.36. The van der Waals surface area contributed by atoms with Gasteiger partial charge in [0.25, 0.3) is 5.70 Å². The number of benzene rings is 2. The van der Waals surface area contributed by atoms with Gasteiger partial charge < -0.3 is 14.5 Å². The second-order valence-electron chi connectivity index (χ2n) is 11.3. The molecule has 254 valence electrons. The van der Waals surface area contributed by atoms with Crippen molar-refractivity contribution >= 4 is 23.1 Å². The number of carbonyl (C=O) groups is 1. The molecule has 0 unspecified atom stereocenters. The molecule has 1 N–H and O–H groups in total. The first-order valence-electron chi connectivity index (χ1n) is 16.4. The van der Waals surface area contributed by atoms with Crippen molar-refractivity contribution in [3.8, 4) is 6.07 Å². The first-order valence-corrected chi connectivity index (χ1v) is 16.4. The SMILES string of the molecule is [C-]#[N+]C(=CC=CC1=C(N2CCN(C(=O)OCC)CC2)C(=CC=CC(=C=N)C(=C(C#N)[N+]#[C-])c2ccccc2)CC1)C(=C([N+]#[C-])[N+]#[C-])c1ccccc1. The van der Waals surface area contributed by atoms with E-state index in [1.807, 2.05) is 30.4 Å². The van der Waals surface area contributed by atoms with Crippen molar-refractivity contribution in [3.63, 3.8) is 0 Å². The summed E-state index contributed by atoms with van der Waals surface area (Å²) in [6, 6.07) is 19.9. The number of piperazine rings is 1. The monoisotopic (exact) mass is 682 g/mol. The normalized spacial score (nSPS) is 15.5. The molecule has 1 aliphatic heterocycles. The zero-order valence-corrected chi connectivity index (χ0v) is 28.6. The average Bonchev–Trinajstić information content (AvgIpc) is 3.59. The number of nitrogens with zero attached hydrogens (tertiary/aromatic N) is 7. The molecule has 4 rings (SSSR count). The molecule has 0 spiro atoms. The quantitative estimate of drug-likeness (QED) is 0.117. The van der Waals surface area contributed by atoms with E-state index >= 15 is 0 Å². The standard InChI is InChI=1S/C42H34N8O2/c1-6-52-42(51)50-27-25-49(26-28-50)40-33(19-13-21-35(29-43)38(37(30-44)46-3)31-15-9-7-10-16-31)23-24-34(40)20-14-22-36(45-2)39(41(47-4)48-5)32-17-11-8-12-18-32/h7-22,43H,6,23-28H2,1H3. The Morgan fingerprint density at radius 3 is 2.06 bits per heavy atom. The molecule has 1 fully saturated rings. The van der Waals surface area contributed by atoms with Crippen molar-refractivity contribution in [2.24, 2.45) is 0 Å². The molecular formula is C42H34N8O2. The second-order valence-corrected chi connectivity index (χ2v) is 11.3. The molecule has 2 aromatic carbocycles. The molecule has 0 atom stereocenters. The maximum absolute atomic E-state index is 12.4. The van der Waals surface area contributed by atoms with Crippen molar-refractivity contribution in [1.82, 2.24) is 9.80 Å². The Bertz CT molecular complexity index is 2140. The van der Waals surface area contributed by atoms with Gasteiger partial charge in [0.05, 0.1) is 31.4 Å². The number of carbonyl (C=O) groups excluding carboxylic acids is 1. The van der Waals surface area contributed by atoms with Crippen molar-refractivity contribution in [2.75, 3.05) is 32.8 Å². The summed E-state index contributed by atoms with van der Waals surface area (Å²) in [6.07, 6.45) is 11.8. The number of allylic oxidation sites excluding steroid dienone is 12. The summed E-state index contributed by atoms with van der Waals surface area (Å²) in [5.41, 5.74) is 5.20. The number of hydrogen-bond acceptors (Lipinski definition) is 5. The van der Waals surface area contributed by atoms with E-state index in [9.17, 15) is 10.1 Å². The number of amides is 1. The highest BCUT2D eigenvalue weighted by molar-refractivity contribution is 5.94. The summed E-state index contributed by atoms with van der Waals surface area (Å²) in [6.45, 7) is 34.7. The Labute approximate surface area is 304 Å². The fraction of sp³-hybridized carbons (Fsp3) is 0.190. The number of nitrogens with one attached hydrogen (secondary N) is 1. The summed E-state index contributed by atoms with van der Waals surface area (Å²) >= 11 is 0. The lowest BCUT2D eigenvalue weighted by molar-refractivity contribution is 0.0873. The van der Waals surface area contributed by atoms with Gasteiger partial charge in [-0.2, -0.15) is 9.69 Å². The summed E-state index contributed by atoms with van der Waals surface area (Å²) < 4.78 is 5.21. The maximum Gasteiger partial charge on any atom is 0.516 e. The van der Waals surface area contributed by atoms with Gasteiger partial charge in [0.1, 0.15) is 13.1 Å². The molecule has 0 radical (unpaired) electrons. The van der Waals surface area contributed by atoms with Crippen LogP contribution in [0.15, 0.2) is 137 Å². The molecular weight excluding hydrogens is 649 g/mol. The Kier molecular flexibility index (Phi) is 13.6. The Morgan fingerprint density at radius 1 is 0.885 bits per heavy atom. The predicted octanol–water partition coefficient (Wildman–Crippen LogP) is 8.89. The summed E-state index contributed by atoms with van der Waals surface area (Å²) in [7, 11) is 0. The molecule has 10 heteroatoms. The van der Waals surface area contributed by atoms with Gasteiger partial charge in [-0.3, -0.25) is 5.41 Å². The van der Waals surface area contributed by atoms with Crippen LogP contribution in [0.2, 0.25) is 0 Å². The predicted molar refractivity (Wildman–Crippen MR) is 201 cm³/mol. The highest BCUT2D eigenvalue weighted by Gasteiger charge is 2.28. The zero-order chi connectivity index (χ0) is 37.3. The molecule has 0 saturated carbocycles. The van der Waals surface area contributed by atoms with Gasteiger partial charge in [-0.05, 0) is 54.0 Å². The van der Waals surface area contributed by atoms with E-state index in [2.05, 4.69) is 30.1 Å². The fourth-order valence-electron chi connectivity index (χ4n) is 5.94. The van der Waals surface area contributed by atoms with Crippen molar-refractivity contribution in [1.29, 1.82) is 10.7 Å². The van der Waals surface area contributed by atoms with Crippen molar-refractivity contribution in [3.05, 3.63) is 194 Å². The molecule has 2 aliphatic rings. The molecule has 10 nitrogen and oxygen atoms in total. The van der Waals surface area contributed by atoms with Gasteiger partial charge in [-0.1, -0.05) is 91.0 Å². The molecule has 0 aromatic heterocycles. The van der Waals surface area contributed by atoms with Gasteiger partial charge in [0.15, 0.2) is 5.70 Å².